The number of ether oxygens (including phenoxy) is 2. The molecule has 4 nitrogen and oxygen atoms in total. The number of carbonyl (C=O) groups is 1. The zero-order valence-electron chi connectivity index (χ0n) is 14.1. The van der Waals surface area contributed by atoms with Crippen LogP contribution in [0.15, 0.2) is 24.3 Å². The monoisotopic (exact) mass is 389 g/mol. The minimum atomic E-state index is -0.892. The molecule has 0 N–H and O–H groups in total. The second kappa shape index (κ2) is 4.25. The molecule has 4 atom stereocenters. The van der Waals surface area contributed by atoms with Crippen molar-refractivity contribution in [1.82, 2.24) is 4.90 Å². The van der Waals surface area contributed by atoms with Crippen molar-refractivity contribution in [3.8, 4) is 11.5 Å². The quantitative estimate of drug-likeness (QED) is 0.692. The summed E-state index contributed by atoms with van der Waals surface area (Å²) in [5.74, 6) is 1.53. The molecule has 0 amide bonds. The van der Waals surface area contributed by atoms with Crippen LogP contribution in [-0.4, -0.2) is 47.4 Å². The second-order valence-corrected chi connectivity index (χ2v) is 8.90. The van der Waals surface area contributed by atoms with E-state index in [0.717, 1.165) is 30.9 Å². The lowest BCUT2D eigenvalue weighted by atomic mass is 9.49. The second-order valence-electron chi connectivity index (χ2n) is 7.59. The van der Waals surface area contributed by atoms with E-state index in [-0.39, 0.29) is 15.5 Å². The molecule has 0 aromatic heterocycles. The van der Waals surface area contributed by atoms with Gasteiger partial charge >= 0.3 is 0 Å². The third kappa shape index (κ3) is 1.29. The van der Waals surface area contributed by atoms with Crippen molar-refractivity contribution in [3.05, 3.63) is 35.4 Å². The summed E-state index contributed by atoms with van der Waals surface area (Å²) in [6.45, 7) is 2.92. The maximum absolute atomic E-state index is 13.0. The first-order valence-corrected chi connectivity index (χ1v) is 9.20. The average Bonchev–Trinajstić information content (AvgIpc) is 2.84. The van der Waals surface area contributed by atoms with Crippen LogP contribution >= 0.6 is 15.9 Å². The smallest absolute Gasteiger partial charge is 0.199 e. The van der Waals surface area contributed by atoms with E-state index in [1.807, 2.05) is 13.0 Å². The van der Waals surface area contributed by atoms with Gasteiger partial charge in [0.1, 0.15) is 0 Å². The maximum Gasteiger partial charge on any atom is 0.199 e. The number of hydrogen-bond acceptors (Lipinski definition) is 4. The van der Waals surface area contributed by atoms with Gasteiger partial charge < -0.3 is 14.4 Å². The zero-order valence-corrected chi connectivity index (χ0v) is 15.6. The van der Waals surface area contributed by atoms with Crippen LogP contribution in [0.2, 0.25) is 0 Å². The van der Waals surface area contributed by atoms with Crippen LogP contribution in [0.3, 0.4) is 0 Å². The number of benzene rings is 1. The lowest BCUT2D eigenvalue weighted by molar-refractivity contribution is -0.138. The highest BCUT2D eigenvalue weighted by Gasteiger charge is 2.76. The van der Waals surface area contributed by atoms with Crippen LogP contribution in [-0.2, 0) is 16.6 Å². The van der Waals surface area contributed by atoms with Crippen molar-refractivity contribution in [2.24, 2.45) is 0 Å². The Hall–Kier alpha value is -1.33. The topological polar surface area (TPSA) is 38.8 Å². The number of methoxy groups -OCH3 is 1. The Morgan fingerprint density at radius 2 is 2.21 bits per heavy atom. The van der Waals surface area contributed by atoms with Crippen molar-refractivity contribution in [3.63, 3.8) is 0 Å². The van der Waals surface area contributed by atoms with E-state index in [0.29, 0.717) is 6.04 Å². The molecule has 0 unspecified atom stereocenters. The molecule has 2 aliphatic heterocycles. The van der Waals surface area contributed by atoms with Crippen LogP contribution in [0.4, 0.5) is 0 Å². The summed E-state index contributed by atoms with van der Waals surface area (Å²) in [6, 6.07) is 4.42. The summed E-state index contributed by atoms with van der Waals surface area (Å²) < 4.78 is 11.7. The molecule has 1 aromatic carbocycles. The van der Waals surface area contributed by atoms with E-state index >= 15 is 0 Å². The number of likely N-dealkylation sites (tertiary alicyclic amines) is 1. The van der Waals surface area contributed by atoms with Gasteiger partial charge in [-0.25, -0.2) is 0 Å². The Bertz CT molecular complexity index is 821. The molecule has 2 bridgehead atoms. The van der Waals surface area contributed by atoms with Crippen LogP contribution in [0.1, 0.15) is 24.5 Å². The fraction of sp³-hybridized carbons (Fsp3) is 0.526. The molecular weight excluding hydrogens is 370 g/mol. The Labute approximate surface area is 149 Å². The van der Waals surface area contributed by atoms with E-state index in [1.54, 1.807) is 13.2 Å². The molecule has 0 radical (unpaired) electrons. The lowest BCUT2D eigenvalue weighted by Gasteiger charge is -2.62. The van der Waals surface area contributed by atoms with E-state index in [1.165, 1.54) is 11.1 Å². The molecular formula is C19H20BrNO3. The number of likely N-dealkylation sites (N-methyl/N-ethyl adjacent to an activating group) is 1. The van der Waals surface area contributed by atoms with E-state index in [9.17, 15) is 4.79 Å². The summed E-state index contributed by atoms with van der Waals surface area (Å²) in [4.78, 5) is 15.4. The number of hydrogen-bond donors (Lipinski definition) is 0. The third-order valence-corrected chi connectivity index (χ3v) is 8.32. The van der Waals surface area contributed by atoms with Crippen molar-refractivity contribution in [2.75, 3.05) is 20.7 Å². The number of nitrogens with zero attached hydrogens (tertiary/aromatic N) is 1. The van der Waals surface area contributed by atoms with Gasteiger partial charge in [-0.2, -0.15) is 0 Å². The molecule has 0 saturated carbocycles. The molecule has 126 valence electrons. The molecule has 1 fully saturated rings. The van der Waals surface area contributed by atoms with Crippen molar-refractivity contribution in [1.29, 1.82) is 0 Å². The maximum atomic E-state index is 13.0. The summed E-state index contributed by atoms with van der Waals surface area (Å²) in [7, 11) is 3.83. The number of halogens is 1. The highest BCUT2D eigenvalue weighted by atomic mass is 79.9. The largest absolute Gasteiger partial charge is 0.493 e. The molecule has 1 spiro atoms. The molecule has 2 aliphatic carbocycles. The van der Waals surface area contributed by atoms with Gasteiger partial charge in [0, 0.05) is 11.6 Å². The van der Waals surface area contributed by atoms with E-state index < -0.39 is 5.60 Å². The number of rotatable bonds is 1. The van der Waals surface area contributed by atoms with Gasteiger partial charge in [-0.05, 0) is 51.1 Å². The number of ketones is 1. The van der Waals surface area contributed by atoms with Gasteiger partial charge in [-0.3, -0.25) is 4.79 Å². The van der Waals surface area contributed by atoms with Gasteiger partial charge in [-0.1, -0.05) is 28.1 Å². The Kier molecular flexibility index (Phi) is 2.65. The number of piperidine rings is 1. The van der Waals surface area contributed by atoms with Crippen molar-refractivity contribution >= 4 is 21.7 Å². The van der Waals surface area contributed by atoms with Crippen LogP contribution < -0.4 is 9.47 Å². The molecule has 1 aromatic rings. The minimum Gasteiger partial charge on any atom is -0.493 e. The Balaban J connectivity index is 1.93. The standard InChI is InChI=1S/C19H20BrNO3/c1-17-14(22)6-7-19(20)13-10-11-4-5-12(23-3)16(24-17)15(11)18(17,19)8-9-21(13)2/h4-7,13H,8-10H2,1-3H3/t13-,17+,18-,19-/m1/s1. The van der Waals surface area contributed by atoms with Gasteiger partial charge in [0.05, 0.1) is 16.8 Å². The number of alkyl halides is 1. The fourth-order valence-corrected chi connectivity index (χ4v) is 7.05. The molecule has 24 heavy (non-hydrogen) atoms. The van der Waals surface area contributed by atoms with E-state index in [2.05, 4.69) is 40.0 Å². The first kappa shape index (κ1) is 15.0. The summed E-state index contributed by atoms with van der Waals surface area (Å²) in [5, 5.41) is 0. The summed E-state index contributed by atoms with van der Waals surface area (Å²) >= 11 is 4.10. The van der Waals surface area contributed by atoms with Crippen LogP contribution in [0.25, 0.3) is 0 Å². The van der Waals surface area contributed by atoms with Gasteiger partial charge in [0.15, 0.2) is 22.9 Å². The predicted molar refractivity (Wildman–Crippen MR) is 94.2 cm³/mol. The zero-order chi connectivity index (χ0) is 16.9. The van der Waals surface area contributed by atoms with E-state index in [4.69, 9.17) is 9.47 Å². The lowest BCUT2D eigenvalue weighted by Crippen LogP contribution is -2.75. The highest BCUT2D eigenvalue weighted by molar-refractivity contribution is 9.10. The molecule has 4 aliphatic rings. The van der Waals surface area contributed by atoms with Crippen molar-refractivity contribution in [2.45, 2.75) is 41.1 Å². The first-order chi connectivity index (χ1) is 11.4. The average molecular weight is 390 g/mol. The minimum absolute atomic E-state index is 0.0481. The first-order valence-electron chi connectivity index (χ1n) is 8.41. The Morgan fingerprint density at radius 1 is 1.42 bits per heavy atom. The van der Waals surface area contributed by atoms with Gasteiger partial charge in [-0.15, -0.1) is 0 Å². The summed E-state index contributed by atoms with van der Waals surface area (Å²) in [5.41, 5.74) is 1.18. The fourth-order valence-electron chi connectivity index (χ4n) is 5.63. The molecule has 1 saturated heterocycles. The normalized spacial score (nSPS) is 41.8. The van der Waals surface area contributed by atoms with Crippen molar-refractivity contribution < 1.29 is 14.3 Å². The molecule has 5 rings (SSSR count). The van der Waals surface area contributed by atoms with Crippen LogP contribution in [0.5, 0.6) is 11.5 Å². The third-order valence-electron chi connectivity index (χ3n) is 6.85. The summed E-state index contributed by atoms with van der Waals surface area (Å²) in [6.07, 6.45) is 5.61. The SMILES string of the molecule is COc1ccc2c3c1O[C@@]1(C)C(=O)C=C[C@@]4(Br)[C@@H](C2)N(C)CC[C@@]314. The van der Waals surface area contributed by atoms with Gasteiger partial charge in [0.25, 0.3) is 0 Å². The predicted octanol–water partition coefficient (Wildman–Crippen LogP) is 2.62. The van der Waals surface area contributed by atoms with Crippen LogP contribution in [0, 0.1) is 0 Å². The molecule has 2 heterocycles. The van der Waals surface area contributed by atoms with Gasteiger partial charge in [0.2, 0.25) is 0 Å². The highest BCUT2D eigenvalue weighted by Crippen LogP contribution is 2.69. The Morgan fingerprint density at radius 3 is 2.96 bits per heavy atom. The molecule has 5 heteroatoms. The number of carbonyl (C=O) groups excluding carboxylic acids is 1.